The highest BCUT2D eigenvalue weighted by atomic mass is 35.5. The van der Waals surface area contributed by atoms with Crippen molar-refractivity contribution < 1.29 is 4.79 Å². The number of rotatable bonds is 3. The van der Waals surface area contributed by atoms with Crippen LogP contribution < -0.4 is 9.80 Å². The van der Waals surface area contributed by atoms with Crippen molar-refractivity contribution in [3.63, 3.8) is 0 Å². The molecule has 2 aliphatic rings. The zero-order valence-corrected chi connectivity index (χ0v) is 15.1. The number of hydrogen-bond acceptors (Lipinski definition) is 5. The third kappa shape index (κ3) is 2.57. The maximum Gasteiger partial charge on any atom is 0.249 e. The van der Waals surface area contributed by atoms with Crippen LogP contribution in [0.25, 0.3) is 5.95 Å². The van der Waals surface area contributed by atoms with Gasteiger partial charge in [0.25, 0.3) is 0 Å². The topological polar surface area (TPSA) is 67.2 Å². The Morgan fingerprint density at radius 2 is 2.04 bits per heavy atom. The Labute approximate surface area is 151 Å². The lowest BCUT2D eigenvalue weighted by atomic mass is 10.0. The average molecular weight is 361 g/mol. The Morgan fingerprint density at radius 3 is 2.68 bits per heavy atom. The number of anilines is 2. The van der Waals surface area contributed by atoms with Crippen molar-refractivity contribution in [3.8, 4) is 5.95 Å². The fourth-order valence-electron chi connectivity index (χ4n) is 3.92. The monoisotopic (exact) mass is 360 g/mol. The molecule has 1 saturated carbocycles. The third-order valence-corrected chi connectivity index (χ3v) is 5.49. The first-order chi connectivity index (χ1) is 12.1. The van der Waals surface area contributed by atoms with Crippen LogP contribution in [0.5, 0.6) is 0 Å². The number of halogens is 1. The third-order valence-electron chi connectivity index (χ3n) is 5.21. The second kappa shape index (κ2) is 6.29. The summed E-state index contributed by atoms with van der Waals surface area (Å²) in [6.07, 6.45) is 10.4. The molecule has 3 heterocycles. The van der Waals surface area contributed by atoms with Crippen LogP contribution in [0.2, 0.25) is 5.28 Å². The fraction of sp³-hybridized carbons (Fsp3) is 0.529. The molecule has 0 N–H and O–H groups in total. The van der Waals surface area contributed by atoms with Crippen LogP contribution in [0.3, 0.4) is 0 Å². The standard InChI is InChI=1S/C17H21ClN6O/c1-3-12-15(25)22(2)13-10-20-17(23-9-8-19-16(23)18)21-14(13)24(12)11-6-4-5-7-11/h8-12H,3-7H2,1-2H3. The summed E-state index contributed by atoms with van der Waals surface area (Å²) >= 11 is 6.12. The number of imidazole rings is 1. The van der Waals surface area contributed by atoms with Gasteiger partial charge < -0.3 is 9.80 Å². The minimum absolute atomic E-state index is 0.110. The molecule has 132 valence electrons. The number of carbonyl (C=O) groups excluding carboxylic acids is 1. The zero-order chi connectivity index (χ0) is 17.6. The molecule has 2 aromatic rings. The molecule has 1 atom stereocenters. The summed E-state index contributed by atoms with van der Waals surface area (Å²) in [5, 5.41) is 0.319. The van der Waals surface area contributed by atoms with Gasteiger partial charge in [0.05, 0.1) is 6.20 Å². The first kappa shape index (κ1) is 16.3. The molecule has 0 spiro atoms. The molecular weight excluding hydrogens is 340 g/mol. The van der Waals surface area contributed by atoms with E-state index in [1.807, 2.05) is 0 Å². The van der Waals surface area contributed by atoms with Gasteiger partial charge in [-0.05, 0) is 30.9 Å². The Kier molecular flexibility index (Phi) is 4.11. The summed E-state index contributed by atoms with van der Waals surface area (Å²) in [4.78, 5) is 30.0. The Morgan fingerprint density at radius 1 is 1.28 bits per heavy atom. The molecule has 0 radical (unpaired) electrons. The van der Waals surface area contributed by atoms with E-state index >= 15 is 0 Å². The van der Waals surface area contributed by atoms with Crippen LogP contribution in [0.1, 0.15) is 39.0 Å². The molecule has 25 heavy (non-hydrogen) atoms. The highest BCUT2D eigenvalue weighted by molar-refractivity contribution is 6.28. The molecule has 0 aromatic carbocycles. The van der Waals surface area contributed by atoms with E-state index in [9.17, 15) is 4.79 Å². The number of fused-ring (bicyclic) bond motifs is 1. The summed E-state index contributed by atoms with van der Waals surface area (Å²) in [5.41, 5.74) is 0.751. The molecule has 1 unspecified atom stereocenters. The predicted molar refractivity (Wildman–Crippen MR) is 96.4 cm³/mol. The van der Waals surface area contributed by atoms with E-state index in [0.29, 0.717) is 17.3 Å². The summed E-state index contributed by atoms with van der Waals surface area (Å²) in [6, 6.07) is 0.170. The first-order valence-corrected chi connectivity index (χ1v) is 9.11. The van der Waals surface area contributed by atoms with Gasteiger partial charge in [-0.2, -0.15) is 4.98 Å². The fourth-order valence-corrected chi connectivity index (χ4v) is 4.11. The van der Waals surface area contributed by atoms with Gasteiger partial charge in [0.1, 0.15) is 11.7 Å². The second-order valence-corrected chi connectivity index (χ2v) is 6.95. The minimum atomic E-state index is -0.179. The number of nitrogens with zero attached hydrogens (tertiary/aromatic N) is 6. The van der Waals surface area contributed by atoms with E-state index in [2.05, 4.69) is 21.8 Å². The molecule has 8 heteroatoms. The number of carbonyl (C=O) groups is 1. The van der Waals surface area contributed by atoms with Crippen molar-refractivity contribution in [3.05, 3.63) is 23.9 Å². The Bertz CT molecular complexity index is 800. The van der Waals surface area contributed by atoms with E-state index < -0.39 is 0 Å². The van der Waals surface area contributed by atoms with Crippen molar-refractivity contribution in [1.29, 1.82) is 0 Å². The molecule has 1 aliphatic heterocycles. The molecule has 4 rings (SSSR count). The van der Waals surface area contributed by atoms with E-state index in [-0.39, 0.29) is 11.9 Å². The van der Waals surface area contributed by atoms with Crippen molar-refractivity contribution in [2.45, 2.75) is 51.1 Å². The SMILES string of the molecule is CCC1C(=O)N(C)c2cnc(-n3ccnc3Cl)nc2N1C1CCCC1. The van der Waals surface area contributed by atoms with Gasteiger partial charge in [0.2, 0.25) is 17.1 Å². The van der Waals surface area contributed by atoms with Gasteiger partial charge >= 0.3 is 0 Å². The Hall–Kier alpha value is -2.15. The minimum Gasteiger partial charge on any atom is -0.340 e. The average Bonchev–Trinajstić information content (AvgIpc) is 3.29. The van der Waals surface area contributed by atoms with Crippen LogP contribution in [-0.2, 0) is 4.79 Å². The van der Waals surface area contributed by atoms with Crippen LogP contribution in [0, 0.1) is 0 Å². The summed E-state index contributed by atoms with van der Waals surface area (Å²) in [5.74, 6) is 1.40. The van der Waals surface area contributed by atoms with Crippen LogP contribution >= 0.6 is 11.6 Å². The summed E-state index contributed by atoms with van der Waals surface area (Å²) < 4.78 is 1.64. The van der Waals surface area contributed by atoms with Gasteiger partial charge in [-0.3, -0.25) is 9.36 Å². The molecule has 0 saturated heterocycles. The Balaban J connectivity index is 1.85. The zero-order valence-electron chi connectivity index (χ0n) is 14.4. The number of hydrogen-bond donors (Lipinski definition) is 0. The highest BCUT2D eigenvalue weighted by Crippen LogP contribution is 2.39. The highest BCUT2D eigenvalue weighted by Gasteiger charge is 2.41. The maximum atomic E-state index is 12.8. The van der Waals surface area contributed by atoms with Crippen molar-refractivity contribution >= 4 is 29.0 Å². The number of amides is 1. The van der Waals surface area contributed by atoms with Crippen LogP contribution in [-0.4, -0.2) is 44.6 Å². The number of likely N-dealkylation sites (N-methyl/N-ethyl adjacent to an activating group) is 1. The van der Waals surface area contributed by atoms with Gasteiger partial charge in [-0.25, -0.2) is 9.97 Å². The van der Waals surface area contributed by atoms with Gasteiger partial charge in [0, 0.05) is 25.5 Å². The van der Waals surface area contributed by atoms with Gasteiger partial charge in [-0.15, -0.1) is 0 Å². The van der Waals surface area contributed by atoms with E-state index in [1.54, 1.807) is 35.1 Å². The molecule has 1 amide bonds. The summed E-state index contributed by atoms with van der Waals surface area (Å²) in [6.45, 7) is 2.05. The predicted octanol–water partition coefficient (Wildman–Crippen LogP) is 2.82. The van der Waals surface area contributed by atoms with E-state index in [4.69, 9.17) is 16.6 Å². The smallest absolute Gasteiger partial charge is 0.249 e. The molecule has 1 aliphatic carbocycles. The molecular formula is C17H21ClN6O. The first-order valence-electron chi connectivity index (χ1n) is 8.74. The van der Waals surface area contributed by atoms with Crippen LogP contribution in [0.4, 0.5) is 11.5 Å². The summed E-state index contributed by atoms with van der Waals surface area (Å²) in [7, 11) is 1.79. The molecule has 0 bridgehead atoms. The maximum absolute atomic E-state index is 12.8. The van der Waals surface area contributed by atoms with Crippen molar-refractivity contribution in [2.75, 3.05) is 16.8 Å². The van der Waals surface area contributed by atoms with E-state index in [1.165, 1.54) is 12.8 Å². The number of aromatic nitrogens is 4. The van der Waals surface area contributed by atoms with Crippen LogP contribution in [0.15, 0.2) is 18.6 Å². The lowest BCUT2D eigenvalue weighted by molar-refractivity contribution is -0.120. The lowest BCUT2D eigenvalue weighted by Crippen LogP contribution is -2.55. The van der Waals surface area contributed by atoms with Gasteiger partial charge in [0.15, 0.2) is 5.82 Å². The normalized spacial score (nSPS) is 21.1. The molecule has 1 fully saturated rings. The quantitative estimate of drug-likeness (QED) is 0.842. The van der Waals surface area contributed by atoms with E-state index in [0.717, 1.165) is 30.8 Å². The second-order valence-electron chi connectivity index (χ2n) is 6.61. The van der Waals surface area contributed by atoms with Crippen molar-refractivity contribution in [2.24, 2.45) is 0 Å². The van der Waals surface area contributed by atoms with Crippen molar-refractivity contribution in [1.82, 2.24) is 19.5 Å². The lowest BCUT2D eigenvalue weighted by Gasteiger charge is -2.43. The molecule has 2 aromatic heterocycles. The largest absolute Gasteiger partial charge is 0.340 e. The molecule has 7 nitrogen and oxygen atoms in total. The van der Waals surface area contributed by atoms with Gasteiger partial charge in [-0.1, -0.05) is 19.8 Å².